The minimum absolute atomic E-state index is 0.198. The van der Waals surface area contributed by atoms with Gasteiger partial charge in [0.25, 0.3) is 0 Å². The summed E-state index contributed by atoms with van der Waals surface area (Å²) >= 11 is 0. The lowest BCUT2D eigenvalue weighted by Crippen LogP contribution is -2.02. The summed E-state index contributed by atoms with van der Waals surface area (Å²) < 4.78 is 5.12. The number of carbonyl (C=O) groups excluding carboxylic acids is 1. The van der Waals surface area contributed by atoms with Crippen LogP contribution in [0.2, 0.25) is 0 Å². The molecule has 0 atom stereocenters. The van der Waals surface area contributed by atoms with Crippen LogP contribution in [0.15, 0.2) is 42.5 Å². The number of benzene rings is 2. The highest BCUT2D eigenvalue weighted by molar-refractivity contribution is 5.96. The van der Waals surface area contributed by atoms with Crippen LogP contribution in [0.25, 0.3) is 0 Å². The van der Waals surface area contributed by atoms with Crippen LogP contribution in [0.5, 0.6) is 5.75 Å². The maximum atomic E-state index is 12.2. The van der Waals surface area contributed by atoms with Crippen LogP contribution >= 0.6 is 0 Å². The van der Waals surface area contributed by atoms with E-state index >= 15 is 0 Å². The molecule has 0 radical (unpaired) electrons. The van der Waals surface area contributed by atoms with Gasteiger partial charge in [0.2, 0.25) is 0 Å². The van der Waals surface area contributed by atoms with Gasteiger partial charge >= 0.3 is 0 Å². The number of methoxy groups -OCH3 is 1. The van der Waals surface area contributed by atoms with E-state index in [1.54, 1.807) is 7.11 Å². The zero-order chi connectivity index (χ0) is 14.5. The second-order valence-electron chi connectivity index (χ2n) is 5.07. The molecule has 0 aliphatic heterocycles. The number of Topliss-reactive ketones (excluding diaryl/α,β-unsaturated/α-hetero) is 1. The zero-order valence-electron chi connectivity index (χ0n) is 12.3. The molecule has 0 aromatic heterocycles. The Morgan fingerprint density at radius 2 is 1.70 bits per heavy atom. The zero-order valence-corrected chi connectivity index (χ0v) is 12.3. The molecule has 20 heavy (non-hydrogen) atoms. The van der Waals surface area contributed by atoms with Crippen molar-refractivity contribution >= 4 is 5.78 Å². The fourth-order valence-corrected chi connectivity index (χ4v) is 2.11. The molecule has 2 heteroatoms. The first kappa shape index (κ1) is 14.3. The molecule has 0 saturated heterocycles. The molecule has 0 aliphatic rings. The number of hydrogen-bond donors (Lipinski definition) is 0. The molecule has 0 fully saturated rings. The van der Waals surface area contributed by atoms with E-state index in [1.165, 1.54) is 11.1 Å². The van der Waals surface area contributed by atoms with Crippen LogP contribution < -0.4 is 4.74 Å². The quantitative estimate of drug-likeness (QED) is 0.762. The summed E-state index contributed by atoms with van der Waals surface area (Å²) in [6.45, 7) is 4.09. The third-order valence-corrected chi connectivity index (χ3v) is 3.63. The second-order valence-corrected chi connectivity index (χ2v) is 5.07. The summed E-state index contributed by atoms with van der Waals surface area (Å²) in [5, 5.41) is 0. The molecule has 0 N–H and O–H groups in total. The van der Waals surface area contributed by atoms with E-state index < -0.39 is 0 Å². The molecule has 0 saturated carbocycles. The van der Waals surface area contributed by atoms with E-state index in [1.807, 2.05) is 49.4 Å². The number of carbonyl (C=O) groups is 1. The topological polar surface area (TPSA) is 26.3 Å². The highest BCUT2D eigenvalue weighted by Crippen LogP contribution is 2.15. The summed E-state index contributed by atoms with van der Waals surface area (Å²) in [6.07, 6.45) is 1.30. The SMILES string of the molecule is COc1ccc(CCC(=O)c2ccc(C)c(C)c2)cc1. The number of hydrogen-bond acceptors (Lipinski definition) is 2. The molecule has 0 heterocycles. The molecule has 0 aliphatic carbocycles. The standard InChI is InChI=1S/C18H20O2/c1-13-4-8-16(12-14(13)2)18(19)11-7-15-5-9-17(20-3)10-6-15/h4-6,8-10,12H,7,11H2,1-3H3. The van der Waals surface area contributed by atoms with E-state index in [2.05, 4.69) is 6.92 Å². The lowest BCUT2D eigenvalue weighted by atomic mass is 9.99. The van der Waals surface area contributed by atoms with Crippen molar-refractivity contribution in [3.05, 3.63) is 64.7 Å². The van der Waals surface area contributed by atoms with Crippen molar-refractivity contribution in [1.82, 2.24) is 0 Å². The van der Waals surface area contributed by atoms with Gasteiger partial charge in [-0.3, -0.25) is 4.79 Å². The van der Waals surface area contributed by atoms with Crippen molar-refractivity contribution in [3.8, 4) is 5.75 Å². The Balaban J connectivity index is 1.98. The molecule has 0 bridgehead atoms. The van der Waals surface area contributed by atoms with Gasteiger partial charge in [-0.25, -0.2) is 0 Å². The van der Waals surface area contributed by atoms with Gasteiger partial charge in [0, 0.05) is 12.0 Å². The van der Waals surface area contributed by atoms with Crippen LogP contribution in [-0.2, 0) is 6.42 Å². The third-order valence-electron chi connectivity index (χ3n) is 3.63. The van der Waals surface area contributed by atoms with Gasteiger partial charge in [-0.1, -0.05) is 24.3 Å². The van der Waals surface area contributed by atoms with Gasteiger partial charge in [-0.15, -0.1) is 0 Å². The van der Waals surface area contributed by atoms with Gasteiger partial charge in [-0.05, 0) is 55.2 Å². The predicted octanol–water partition coefficient (Wildman–Crippen LogP) is 4.13. The van der Waals surface area contributed by atoms with E-state index in [0.717, 1.165) is 23.3 Å². The Kier molecular flexibility index (Phi) is 4.57. The first-order valence-electron chi connectivity index (χ1n) is 6.83. The van der Waals surface area contributed by atoms with Crippen LogP contribution in [0.3, 0.4) is 0 Å². The summed E-state index contributed by atoms with van der Waals surface area (Å²) in [5.41, 5.74) is 4.35. The van der Waals surface area contributed by atoms with Gasteiger partial charge in [0.1, 0.15) is 5.75 Å². The van der Waals surface area contributed by atoms with Crippen LogP contribution in [0, 0.1) is 13.8 Å². The average molecular weight is 268 g/mol. The number of aryl methyl sites for hydroxylation is 3. The molecular formula is C18H20O2. The molecule has 2 aromatic rings. The third kappa shape index (κ3) is 3.47. The van der Waals surface area contributed by atoms with Crippen molar-refractivity contribution in [2.24, 2.45) is 0 Å². The monoisotopic (exact) mass is 268 g/mol. The highest BCUT2D eigenvalue weighted by atomic mass is 16.5. The molecular weight excluding hydrogens is 248 g/mol. The summed E-state index contributed by atoms with van der Waals surface area (Å²) in [5.74, 6) is 1.04. The molecule has 2 nitrogen and oxygen atoms in total. The molecule has 2 aromatic carbocycles. The lowest BCUT2D eigenvalue weighted by molar-refractivity contribution is 0.0983. The van der Waals surface area contributed by atoms with Crippen LogP contribution in [-0.4, -0.2) is 12.9 Å². The largest absolute Gasteiger partial charge is 0.497 e. The number of ether oxygens (including phenoxy) is 1. The maximum absolute atomic E-state index is 12.2. The molecule has 0 amide bonds. The lowest BCUT2D eigenvalue weighted by Gasteiger charge is -2.06. The molecule has 2 rings (SSSR count). The maximum Gasteiger partial charge on any atom is 0.163 e. The average Bonchev–Trinajstić information content (AvgIpc) is 2.48. The van der Waals surface area contributed by atoms with E-state index in [-0.39, 0.29) is 5.78 Å². The minimum atomic E-state index is 0.198. The number of rotatable bonds is 5. The molecule has 104 valence electrons. The van der Waals surface area contributed by atoms with Gasteiger partial charge in [-0.2, -0.15) is 0 Å². The Labute approximate surface area is 120 Å². The van der Waals surface area contributed by atoms with E-state index in [4.69, 9.17) is 4.74 Å². The van der Waals surface area contributed by atoms with Crippen LogP contribution in [0.4, 0.5) is 0 Å². The van der Waals surface area contributed by atoms with Gasteiger partial charge in [0.05, 0.1) is 7.11 Å². The predicted molar refractivity (Wildman–Crippen MR) is 81.6 cm³/mol. The summed E-state index contributed by atoms with van der Waals surface area (Å²) in [6, 6.07) is 13.8. The Morgan fingerprint density at radius 3 is 2.30 bits per heavy atom. The second kappa shape index (κ2) is 6.38. The number of ketones is 1. The molecule has 0 unspecified atom stereocenters. The van der Waals surface area contributed by atoms with E-state index in [9.17, 15) is 4.79 Å². The van der Waals surface area contributed by atoms with Crippen molar-refractivity contribution in [1.29, 1.82) is 0 Å². The smallest absolute Gasteiger partial charge is 0.163 e. The first-order valence-corrected chi connectivity index (χ1v) is 6.83. The molecule has 0 spiro atoms. The highest BCUT2D eigenvalue weighted by Gasteiger charge is 2.07. The summed E-state index contributed by atoms with van der Waals surface area (Å²) in [7, 11) is 1.65. The van der Waals surface area contributed by atoms with E-state index in [0.29, 0.717) is 6.42 Å². The Bertz CT molecular complexity index is 597. The van der Waals surface area contributed by atoms with Crippen LogP contribution in [0.1, 0.15) is 33.5 Å². The summed E-state index contributed by atoms with van der Waals surface area (Å²) in [4.78, 5) is 12.2. The van der Waals surface area contributed by atoms with Crippen molar-refractivity contribution < 1.29 is 9.53 Å². The fourth-order valence-electron chi connectivity index (χ4n) is 2.11. The Morgan fingerprint density at radius 1 is 1.00 bits per heavy atom. The van der Waals surface area contributed by atoms with Crippen molar-refractivity contribution in [2.45, 2.75) is 26.7 Å². The Hall–Kier alpha value is -2.09. The van der Waals surface area contributed by atoms with Crippen molar-refractivity contribution in [3.63, 3.8) is 0 Å². The van der Waals surface area contributed by atoms with Crippen molar-refractivity contribution in [2.75, 3.05) is 7.11 Å². The van der Waals surface area contributed by atoms with Gasteiger partial charge in [0.15, 0.2) is 5.78 Å². The normalized spacial score (nSPS) is 10.3. The van der Waals surface area contributed by atoms with Gasteiger partial charge < -0.3 is 4.74 Å². The minimum Gasteiger partial charge on any atom is -0.497 e. The fraction of sp³-hybridized carbons (Fsp3) is 0.278. The first-order chi connectivity index (χ1) is 9.60.